The highest BCUT2D eigenvalue weighted by atomic mass is 16.2. The molecule has 1 atom stereocenters. The van der Waals surface area contributed by atoms with Crippen LogP contribution in [0, 0.1) is 5.92 Å². The van der Waals surface area contributed by atoms with Crippen LogP contribution in [0.2, 0.25) is 0 Å². The number of amides is 1. The van der Waals surface area contributed by atoms with E-state index in [0.29, 0.717) is 12.5 Å². The van der Waals surface area contributed by atoms with Crippen LogP contribution in [-0.2, 0) is 17.8 Å². The molecule has 1 saturated carbocycles. The van der Waals surface area contributed by atoms with Crippen molar-refractivity contribution in [1.82, 2.24) is 30.3 Å². The van der Waals surface area contributed by atoms with Gasteiger partial charge in [0.1, 0.15) is 12.2 Å². The second-order valence-electron chi connectivity index (χ2n) is 7.45. The number of aromatic nitrogens is 3. The summed E-state index contributed by atoms with van der Waals surface area (Å²) >= 11 is 0. The third kappa shape index (κ3) is 5.20. The van der Waals surface area contributed by atoms with Gasteiger partial charge in [0.05, 0.1) is 6.54 Å². The molecule has 1 amide bonds. The molecule has 1 aromatic heterocycles. The van der Waals surface area contributed by atoms with Crippen LogP contribution in [0.3, 0.4) is 0 Å². The summed E-state index contributed by atoms with van der Waals surface area (Å²) in [5.41, 5.74) is 0. The third-order valence-electron chi connectivity index (χ3n) is 5.51. The van der Waals surface area contributed by atoms with E-state index >= 15 is 0 Å². The molecular formula is C19H33N7O. The SMILES string of the molecule is CCNC(=NCCn1cnnc1CC)NC1CCN(C(=O)C2CCCC2)C1. The van der Waals surface area contributed by atoms with Crippen LogP contribution in [0.1, 0.15) is 51.8 Å². The molecule has 2 aliphatic rings. The Morgan fingerprint density at radius 1 is 1.30 bits per heavy atom. The highest BCUT2D eigenvalue weighted by molar-refractivity contribution is 5.81. The van der Waals surface area contributed by atoms with Gasteiger partial charge >= 0.3 is 0 Å². The maximum atomic E-state index is 12.6. The molecule has 150 valence electrons. The zero-order valence-electron chi connectivity index (χ0n) is 16.7. The first kappa shape index (κ1) is 19.6. The van der Waals surface area contributed by atoms with Gasteiger partial charge in [0, 0.05) is 44.6 Å². The molecule has 0 radical (unpaired) electrons. The second kappa shape index (κ2) is 9.71. The van der Waals surface area contributed by atoms with E-state index in [0.717, 1.165) is 63.6 Å². The first-order valence-electron chi connectivity index (χ1n) is 10.4. The number of nitrogens with zero attached hydrogens (tertiary/aromatic N) is 5. The van der Waals surface area contributed by atoms with E-state index < -0.39 is 0 Å². The Morgan fingerprint density at radius 2 is 2.11 bits per heavy atom. The maximum Gasteiger partial charge on any atom is 0.225 e. The lowest BCUT2D eigenvalue weighted by atomic mass is 10.1. The number of carbonyl (C=O) groups excluding carboxylic acids is 1. The summed E-state index contributed by atoms with van der Waals surface area (Å²) in [6.45, 7) is 8.03. The number of likely N-dealkylation sites (tertiary alicyclic amines) is 1. The lowest BCUT2D eigenvalue weighted by molar-refractivity contribution is -0.134. The van der Waals surface area contributed by atoms with Crippen LogP contribution in [0.25, 0.3) is 0 Å². The van der Waals surface area contributed by atoms with Gasteiger partial charge < -0.3 is 20.1 Å². The molecule has 2 heterocycles. The number of aryl methyl sites for hydroxylation is 1. The molecule has 0 spiro atoms. The Balaban J connectivity index is 1.49. The number of hydrogen-bond donors (Lipinski definition) is 2. The number of nitrogens with one attached hydrogen (secondary N) is 2. The zero-order valence-corrected chi connectivity index (χ0v) is 16.7. The lowest BCUT2D eigenvalue weighted by Gasteiger charge is -2.21. The zero-order chi connectivity index (χ0) is 19.1. The fraction of sp³-hybridized carbons (Fsp3) is 0.789. The van der Waals surface area contributed by atoms with E-state index in [1.807, 2.05) is 9.47 Å². The fourth-order valence-electron chi connectivity index (χ4n) is 4.03. The van der Waals surface area contributed by atoms with Gasteiger partial charge in [0.2, 0.25) is 5.91 Å². The lowest BCUT2D eigenvalue weighted by Crippen LogP contribution is -2.45. The molecule has 8 nitrogen and oxygen atoms in total. The van der Waals surface area contributed by atoms with Crippen LogP contribution in [-0.4, -0.2) is 63.8 Å². The van der Waals surface area contributed by atoms with E-state index in [9.17, 15) is 4.79 Å². The summed E-state index contributed by atoms with van der Waals surface area (Å²) in [4.78, 5) is 19.3. The summed E-state index contributed by atoms with van der Waals surface area (Å²) in [5.74, 6) is 2.43. The molecule has 3 rings (SSSR count). The Morgan fingerprint density at radius 3 is 2.85 bits per heavy atom. The minimum atomic E-state index is 0.266. The second-order valence-corrected chi connectivity index (χ2v) is 7.45. The van der Waals surface area contributed by atoms with Gasteiger partial charge in [0.25, 0.3) is 0 Å². The Bertz CT molecular complexity index is 636. The number of carbonyl (C=O) groups is 1. The van der Waals surface area contributed by atoms with Crippen LogP contribution in [0.4, 0.5) is 0 Å². The van der Waals surface area contributed by atoms with Crippen molar-refractivity contribution in [3.05, 3.63) is 12.2 Å². The summed E-state index contributed by atoms with van der Waals surface area (Å²) in [6, 6.07) is 0.272. The first-order valence-corrected chi connectivity index (χ1v) is 10.4. The molecule has 0 bridgehead atoms. The predicted molar refractivity (Wildman–Crippen MR) is 105 cm³/mol. The van der Waals surface area contributed by atoms with Gasteiger partial charge in [0.15, 0.2) is 5.96 Å². The molecular weight excluding hydrogens is 342 g/mol. The van der Waals surface area contributed by atoms with Gasteiger partial charge in [-0.1, -0.05) is 19.8 Å². The molecule has 8 heteroatoms. The topological polar surface area (TPSA) is 87.4 Å². The first-order chi connectivity index (χ1) is 13.2. The van der Waals surface area contributed by atoms with Crippen molar-refractivity contribution in [2.24, 2.45) is 10.9 Å². The molecule has 1 aromatic rings. The van der Waals surface area contributed by atoms with Crippen LogP contribution >= 0.6 is 0 Å². The largest absolute Gasteiger partial charge is 0.357 e. The smallest absolute Gasteiger partial charge is 0.225 e. The van der Waals surface area contributed by atoms with Gasteiger partial charge in [-0.15, -0.1) is 10.2 Å². The third-order valence-corrected chi connectivity index (χ3v) is 5.51. The highest BCUT2D eigenvalue weighted by Crippen LogP contribution is 2.27. The van der Waals surface area contributed by atoms with Crippen molar-refractivity contribution in [2.45, 2.75) is 65.0 Å². The molecule has 0 aromatic carbocycles. The van der Waals surface area contributed by atoms with E-state index in [2.05, 4.69) is 39.7 Å². The van der Waals surface area contributed by atoms with E-state index in [1.165, 1.54) is 12.8 Å². The van der Waals surface area contributed by atoms with Gasteiger partial charge in [-0.2, -0.15) is 0 Å². The molecule has 27 heavy (non-hydrogen) atoms. The normalized spacial score (nSPS) is 21.0. The molecule has 1 aliphatic carbocycles. The maximum absolute atomic E-state index is 12.6. The average molecular weight is 376 g/mol. The highest BCUT2D eigenvalue weighted by Gasteiger charge is 2.32. The Hall–Kier alpha value is -2.12. The van der Waals surface area contributed by atoms with E-state index in [1.54, 1.807) is 6.33 Å². The minimum absolute atomic E-state index is 0.266. The standard InChI is InChI=1S/C19H33N7O/c1-3-17-24-22-14-26(17)12-10-21-19(20-4-2)23-16-9-11-25(13-16)18(27)15-7-5-6-8-15/h14-16H,3-13H2,1-2H3,(H2,20,21,23). The Labute approximate surface area is 161 Å². The quantitative estimate of drug-likeness (QED) is 0.552. The van der Waals surface area contributed by atoms with Crippen molar-refractivity contribution in [1.29, 1.82) is 0 Å². The monoisotopic (exact) mass is 375 g/mol. The molecule has 2 fully saturated rings. The van der Waals surface area contributed by atoms with E-state index in [-0.39, 0.29) is 12.0 Å². The van der Waals surface area contributed by atoms with Crippen molar-refractivity contribution in [3.63, 3.8) is 0 Å². The van der Waals surface area contributed by atoms with Gasteiger partial charge in [-0.3, -0.25) is 9.79 Å². The predicted octanol–water partition coefficient (Wildman–Crippen LogP) is 1.19. The average Bonchev–Trinajstić information content (AvgIpc) is 3.43. The fourth-order valence-corrected chi connectivity index (χ4v) is 4.03. The van der Waals surface area contributed by atoms with E-state index in [4.69, 9.17) is 0 Å². The Kier molecular flexibility index (Phi) is 7.06. The number of hydrogen-bond acceptors (Lipinski definition) is 4. The summed E-state index contributed by atoms with van der Waals surface area (Å²) in [7, 11) is 0. The van der Waals surface area contributed by atoms with Crippen molar-refractivity contribution in [2.75, 3.05) is 26.2 Å². The molecule has 1 saturated heterocycles. The summed E-state index contributed by atoms with van der Waals surface area (Å²) in [5, 5.41) is 14.9. The number of rotatable bonds is 7. The molecule has 2 N–H and O–H groups in total. The van der Waals surface area contributed by atoms with Crippen molar-refractivity contribution in [3.8, 4) is 0 Å². The molecule has 1 unspecified atom stereocenters. The van der Waals surface area contributed by atoms with Gasteiger partial charge in [-0.25, -0.2) is 0 Å². The van der Waals surface area contributed by atoms with Crippen LogP contribution < -0.4 is 10.6 Å². The van der Waals surface area contributed by atoms with Crippen molar-refractivity contribution < 1.29 is 4.79 Å². The minimum Gasteiger partial charge on any atom is -0.357 e. The summed E-state index contributed by atoms with van der Waals surface area (Å²) in [6.07, 6.45) is 8.16. The summed E-state index contributed by atoms with van der Waals surface area (Å²) < 4.78 is 2.05. The van der Waals surface area contributed by atoms with Gasteiger partial charge in [-0.05, 0) is 26.2 Å². The number of aliphatic imine (C=N–C) groups is 1. The van der Waals surface area contributed by atoms with Crippen LogP contribution in [0.15, 0.2) is 11.3 Å². The van der Waals surface area contributed by atoms with Crippen LogP contribution in [0.5, 0.6) is 0 Å². The number of guanidine groups is 1. The van der Waals surface area contributed by atoms with Crippen molar-refractivity contribution >= 4 is 11.9 Å². The molecule has 1 aliphatic heterocycles.